The fraction of sp³-hybridized carbons (Fsp3) is 0.818. The molecule has 92 valence electrons. The summed E-state index contributed by atoms with van der Waals surface area (Å²) in [4.78, 5) is 26.8. The molecule has 2 atom stereocenters. The van der Waals surface area contributed by atoms with Gasteiger partial charge >= 0.3 is 0 Å². The lowest BCUT2D eigenvalue weighted by Gasteiger charge is -2.30. The molecule has 1 saturated heterocycles. The van der Waals surface area contributed by atoms with Crippen molar-refractivity contribution in [3.63, 3.8) is 0 Å². The Morgan fingerprint density at radius 3 is 2.69 bits per heavy atom. The van der Waals surface area contributed by atoms with Crippen molar-refractivity contribution in [2.45, 2.75) is 38.8 Å². The Morgan fingerprint density at radius 2 is 2.19 bits per heavy atom. The van der Waals surface area contributed by atoms with E-state index in [1.165, 1.54) is 6.92 Å². The van der Waals surface area contributed by atoms with E-state index in [2.05, 4.69) is 0 Å². The molecule has 5 nitrogen and oxygen atoms in total. The minimum absolute atomic E-state index is 0.00523. The summed E-state index contributed by atoms with van der Waals surface area (Å²) >= 11 is 0. The van der Waals surface area contributed by atoms with E-state index in [9.17, 15) is 9.59 Å². The molecule has 0 radical (unpaired) electrons. The molecule has 0 aliphatic carbocycles. The van der Waals surface area contributed by atoms with E-state index in [1.54, 1.807) is 16.8 Å². The first-order chi connectivity index (χ1) is 7.49. The van der Waals surface area contributed by atoms with Crippen LogP contribution in [0.1, 0.15) is 26.7 Å². The van der Waals surface area contributed by atoms with Gasteiger partial charge in [0, 0.05) is 33.1 Å². The van der Waals surface area contributed by atoms with Crippen molar-refractivity contribution in [3.05, 3.63) is 0 Å². The summed E-state index contributed by atoms with van der Waals surface area (Å²) in [6.45, 7) is 4.55. The molecule has 0 saturated carbocycles. The second-order valence-electron chi connectivity index (χ2n) is 4.40. The second kappa shape index (κ2) is 5.30. The van der Waals surface area contributed by atoms with Crippen LogP contribution in [0.2, 0.25) is 0 Å². The fourth-order valence-electron chi connectivity index (χ4n) is 2.01. The SMILES string of the molecule is CC(=O)N1CCCC1C(=O)N(C)C(C)CN. The largest absolute Gasteiger partial charge is 0.340 e. The average molecular weight is 227 g/mol. The van der Waals surface area contributed by atoms with Gasteiger partial charge in [-0.3, -0.25) is 9.59 Å². The molecule has 1 aliphatic rings. The number of hydrogen-bond acceptors (Lipinski definition) is 3. The van der Waals surface area contributed by atoms with Crippen molar-refractivity contribution in [2.24, 2.45) is 5.73 Å². The van der Waals surface area contributed by atoms with Crippen molar-refractivity contribution in [1.29, 1.82) is 0 Å². The van der Waals surface area contributed by atoms with Gasteiger partial charge in [0.2, 0.25) is 11.8 Å². The molecule has 2 unspecified atom stereocenters. The summed E-state index contributed by atoms with van der Waals surface area (Å²) < 4.78 is 0. The highest BCUT2D eigenvalue weighted by atomic mass is 16.2. The minimum atomic E-state index is -0.281. The first-order valence-corrected chi connectivity index (χ1v) is 5.73. The lowest BCUT2D eigenvalue weighted by Crippen LogP contribution is -2.50. The standard InChI is InChI=1S/C11H21N3O2/c1-8(7-12)13(3)11(16)10-5-4-6-14(10)9(2)15/h8,10H,4-7,12H2,1-3H3. The number of carbonyl (C=O) groups excluding carboxylic acids is 2. The molecule has 0 aromatic heterocycles. The van der Waals surface area contributed by atoms with Gasteiger partial charge < -0.3 is 15.5 Å². The Labute approximate surface area is 96.6 Å². The van der Waals surface area contributed by atoms with Crippen LogP contribution in [0.15, 0.2) is 0 Å². The van der Waals surface area contributed by atoms with Gasteiger partial charge in [0.15, 0.2) is 0 Å². The number of carbonyl (C=O) groups is 2. The number of amides is 2. The molecule has 5 heteroatoms. The molecule has 16 heavy (non-hydrogen) atoms. The molecule has 1 aliphatic heterocycles. The van der Waals surface area contributed by atoms with Crippen LogP contribution in [0.3, 0.4) is 0 Å². The number of rotatable bonds is 3. The third kappa shape index (κ3) is 2.52. The van der Waals surface area contributed by atoms with Crippen molar-refractivity contribution in [1.82, 2.24) is 9.80 Å². The zero-order valence-electron chi connectivity index (χ0n) is 10.3. The Hall–Kier alpha value is -1.10. The molecule has 1 heterocycles. The number of likely N-dealkylation sites (tertiary alicyclic amines) is 1. The molecule has 0 spiro atoms. The van der Waals surface area contributed by atoms with Crippen LogP contribution in [0.4, 0.5) is 0 Å². The third-order valence-electron chi connectivity index (χ3n) is 3.29. The Morgan fingerprint density at radius 1 is 1.56 bits per heavy atom. The van der Waals surface area contributed by atoms with Crippen molar-refractivity contribution in [3.8, 4) is 0 Å². The molecule has 2 N–H and O–H groups in total. The Bertz CT molecular complexity index is 280. The van der Waals surface area contributed by atoms with E-state index in [1.807, 2.05) is 6.92 Å². The molecular formula is C11H21N3O2. The van der Waals surface area contributed by atoms with E-state index in [0.717, 1.165) is 12.8 Å². The predicted octanol–water partition coefficient (Wildman–Crippen LogP) is -0.197. The molecule has 0 bridgehead atoms. The molecular weight excluding hydrogens is 206 g/mol. The first kappa shape index (κ1) is 13.0. The summed E-state index contributed by atoms with van der Waals surface area (Å²) in [6, 6.07) is -0.265. The third-order valence-corrected chi connectivity index (χ3v) is 3.29. The average Bonchev–Trinajstić information content (AvgIpc) is 2.74. The van der Waals surface area contributed by atoms with Gasteiger partial charge in [-0.2, -0.15) is 0 Å². The monoisotopic (exact) mass is 227 g/mol. The zero-order chi connectivity index (χ0) is 12.3. The summed E-state index contributed by atoms with van der Waals surface area (Å²) in [5.74, 6) is -0.0182. The van der Waals surface area contributed by atoms with Gasteiger partial charge in [0.05, 0.1) is 0 Å². The fourth-order valence-corrected chi connectivity index (χ4v) is 2.01. The zero-order valence-corrected chi connectivity index (χ0v) is 10.3. The lowest BCUT2D eigenvalue weighted by molar-refractivity contribution is -0.143. The van der Waals surface area contributed by atoms with Crippen LogP contribution in [-0.2, 0) is 9.59 Å². The van der Waals surface area contributed by atoms with Crippen LogP contribution < -0.4 is 5.73 Å². The summed E-state index contributed by atoms with van der Waals surface area (Å²) in [5.41, 5.74) is 5.53. The van der Waals surface area contributed by atoms with E-state index in [-0.39, 0.29) is 23.9 Å². The number of hydrogen-bond donors (Lipinski definition) is 1. The van der Waals surface area contributed by atoms with Crippen molar-refractivity contribution >= 4 is 11.8 Å². The summed E-state index contributed by atoms with van der Waals surface area (Å²) in [5, 5.41) is 0. The van der Waals surface area contributed by atoms with Gasteiger partial charge in [-0.25, -0.2) is 0 Å². The maximum Gasteiger partial charge on any atom is 0.245 e. The molecule has 1 rings (SSSR count). The smallest absolute Gasteiger partial charge is 0.245 e. The number of nitrogens with two attached hydrogens (primary N) is 1. The molecule has 0 aromatic carbocycles. The number of nitrogens with zero attached hydrogens (tertiary/aromatic N) is 2. The maximum atomic E-state index is 12.1. The topological polar surface area (TPSA) is 66.6 Å². The van der Waals surface area contributed by atoms with Crippen molar-refractivity contribution in [2.75, 3.05) is 20.1 Å². The van der Waals surface area contributed by atoms with Crippen LogP contribution >= 0.6 is 0 Å². The van der Waals surface area contributed by atoms with E-state index in [4.69, 9.17) is 5.73 Å². The van der Waals surface area contributed by atoms with E-state index < -0.39 is 0 Å². The van der Waals surface area contributed by atoms with Gasteiger partial charge in [-0.15, -0.1) is 0 Å². The van der Waals surface area contributed by atoms with Gasteiger partial charge in [0.25, 0.3) is 0 Å². The predicted molar refractivity (Wildman–Crippen MR) is 61.7 cm³/mol. The second-order valence-corrected chi connectivity index (χ2v) is 4.40. The van der Waals surface area contributed by atoms with Crippen LogP contribution in [0.5, 0.6) is 0 Å². The first-order valence-electron chi connectivity index (χ1n) is 5.73. The maximum absolute atomic E-state index is 12.1. The van der Waals surface area contributed by atoms with Gasteiger partial charge in [-0.05, 0) is 19.8 Å². The Kier molecular flexibility index (Phi) is 4.29. The quantitative estimate of drug-likeness (QED) is 0.726. The van der Waals surface area contributed by atoms with Crippen molar-refractivity contribution < 1.29 is 9.59 Å². The lowest BCUT2D eigenvalue weighted by atomic mass is 10.1. The molecule has 0 aromatic rings. The minimum Gasteiger partial charge on any atom is -0.340 e. The van der Waals surface area contributed by atoms with Crippen LogP contribution in [0, 0.1) is 0 Å². The molecule has 1 fully saturated rings. The highest BCUT2D eigenvalue weighted by Crippen LogP contribution is 2.19. The van der Waals surface area contributed by atoms with Gasteiger partial charge in [-0.1, -0.05) is 0 Å². The highest BCUT2D eigenvalue weighted by Gasteiger charge is 2.34. The number of likely N-dealkylation sites (N-methyl/N-ethyl adjacent to an activating group) is 1. The van der Waals surface area contributed by atoms with E-state index in [0.29, 0.717) is 13.1 Å². The summed E-state index contributed by atoms with van der Waals surface area (Å²) in [7, 11) is 1.75. The Balaban J connectivity index is 2.69. The van der Waals surface area contributed by atoms with Crippen LogP contribution in [-0.4, -0.2) is 53.8 Å². The van der Waals surface area contributed by atoms with Gasteiger partial charge in [0.1, 0.15) is 6.04 Å². The van der Waals surface area contributed by atoms with Crippen LogP contribution in [0.25, 0.3) is 0 Å². The molecule has 2 amide bonds. The van der Waals surface area contributed by atoms with E-state index >= 15 is 0 Å². The normalized spacial score (nSPS) is 22.0. The summed E-state index contributed by atoms with van der Waals surface area (Å²) in [6.07, 6.45) is 1.67. The highest BCUT2D eigenvalue weighted by molar-refractivity contribution is 5.87.